The summed E-state index contributed by atoms with van der Waals surface area (Å²) in [5.74, 6) is 0.760. The van der Waals surface area contributed by atoms with Crippen molar-refractivity contribution in [2.45, 2.75) is 24.8 Å². The lowest BCUT2D eigenvalue weighted by atomic mass is 10.1. The van der Waals surface area contributed by atoms with Gasteiger partial charge in [0.1, 0.15) is 0 Å². The van der Waals surface area contributed by atoms with Crippen molar-refractivity contribution in [2.75, 3.05) is 25.6 Å². The minimum absolute atomic E-state index is 0.138. The molecule has 0 aliphatic carbocycles. The van der Waals surface area contributed by atoms with Crippen molar-refractivity contribution >= 4 is 21.8 Å². The first-order valence-electron chi connectivity index (χ1n) is 6.15. The Morgan fingerprint density at radius 2 is 2.00 bits per heavy atom. The minimum atomic E-state index is -3.46. The summed E-state index contributed by atoms with van der Waals surface area (Å²) in [6.45, 7) is 2.32. The van der Waals surface area contributed by atoms with E-state index < -0.39 is 10.0 Å². The van der Waals surface area contributed by atoms with E-state index in [4.69, 9.17) is 0 Å². The highest BCUT2D eigenvalue weighted by Crippen LogP contribution is 2.20. The van der Waals surface area contributed by atoms with Crippen LogP contribution in [0.3, 0.4) is 0 Å². The number of hydrogen-bond donors (Lipinski definition) is 1. The van der Waals surface area contributed by atoms with Crippen molar-refractivity contribution < 1.29 is 13.5 Å². The molecule has 19 heavy (non-hydrogen) atoms. The minimum Gasteiger partial charge on any atom is -0.392 e. The summed E-state index contributed by atoms with van der Waals surface area (Å²) in [4.78, 5) is 0.248. The van der Waals surface area contributed by atoms with Crippen molar-refractivity contribution in [3.8, 4) is 0 Å². The number of sulfonamides is 1. The molecule has 1 aromatic carbocycles. The Balaban J connectivity index is 3.08. The standard InChI is InChI=1S/C13H21NO3S2/c1-4-11-5-6-13(9-12(11)10-15)19(16,17)14(2)7-8-18-3/h5-6,9,15H,4,7-8,10H2,1-3H3. The summed E-state index contributed by atoms with van der Waals surface area (Å²) < 4.78 is 26.0. The molecule has 0 radical (unpaired) electrons. The first-order valence-corrected chi connectivity index (χ1v) is 8.98. The molecular weight excluding hydrogens is 282 g/mol. The van der Waals surface area contributed by atoms with Gasteiger partial charge < -0.3 is 5.11 Å². The first-order chi connectivity index (χ1) is 8.97. The Bertz CT molecular complexity index is 515. The zero-order valence-corrected chi connectivity index (χ0v) is 13.2. The van der Waals surface area contributed by atoms with Gasteiger partial charge in [0, 0.05) is 19.3 Å². The predicted octanol–water partition coefficient (Wildman–Crippen LogP) is 1.72. The van der Waals surface area contributed by atoms with Gasteiger partial charge in [-0.3, -0.25) is 0 Å². The van der Waals surface area contributed by atoms with Gasteiger partial charge in [-0.2, -0.15) is 11.8 Å². The lowest BCUT2D eigenvalue weighted by Crippen LogP contribution is -2.29. The summed E-state index contributed by atoms with van der Waals surface area (Å²) in [6.07, 6.45) is 2.72. The van der Waals surface area contributed by atoms with Crippen LogP contribution in [0, 0.1) is 0 Å². The van der Waals surface area contributed by atoms with E-state index in [0.717, 1.165) is 17.7 Å². The molecule has 6 heteroatoms. The van der Waals surface area contributed by atoms with Gasteiger partial charge in [0.15, 0.2) is 0 Å². The maximum Gasteiger partial charge on any atom is 0.242 e. The van der Waals surface area contributed by atoms with Crippen LogP contribution in [0.25, 0.3) is 0 Å². The monoisotopic (exact) mass is 303 g/mol. The van der Waals surface area contributed by atoms with Crippen LogP contribution in [0.15, 0.2) is 23.1 Å². The maximum atomic E-state index is 12.3. The van der Waals surface area contributed by atoms with Gasteiger partial charge in [-0.1, -0.05) is 13.0 Å². The largest absolute Gasteiger partial charge is 0.392 e. The SMILES string of the molecule is CCc1ccc(S(=O)(=O)N(C)CCSC)cc1CO. The fourth-order valence-electron chi connectivity index (χ4n) is 1.77. The zero-order chi connectivity index (χ0) is 14.5. The molecule has 0 fully saturated rings. The molecule has 108 valence electrons. The summed E-state index contributed by atoms with van der Waals surface area (Å²) in [5, 5.41) is 9.31. The molecule has 1 aromatic rings. The van der Waals surface area contributed by atoms with Crippen molar-refractivity contribution in [1.82, 2.24) is 4.31 Å². The number of hydrogen-bond acceptors (Lipinski definition) is 4. The van der Waals surface area contributed by atoms with E-state index >= 15 is 0 Å². The van der Waals surface area contributed by atoms with Gasteiger partial charge in [-0.05, 0) is 35.9 Å². The smallest absolute Gasteiger partial charge is 0.242 e. The van der Waals surface area contributed by atoms with Crippen LogP contribution in [0.5, 0.6) is 0 Å². The molecule has 0 spiro atoms. The van der Waals surface area contributed by atoms with Crippen LogP contribution in [0.2, 0.25) is 0 Å². The number of benzene rings is 1. The van der Waals surface area contributed by atoms with Crippen LogP contribution in [0.4, 0.5) is 0 Å². The third kappa shape index (κ3) is 3.95. The molecule has 0 bridgehead atoms. The van der Waals surface area contributed by atoms with E-state index in [2.05, 4.69) is 0 Å². The maximum absolute atomic E-state index is 12.3. The molecule has 0 amide bonds. The third-order valence-electron chi connectivity index (χ3n) is 3.05. The molecule has 1 N–H and O–H groups in total. The number of aryl methyl sites for hydroxylation is 1. The molecule has 4 nitrogen and oxygen atoms in total. The highest BCUT2D eigenvalue weighted by molar-refractivity contribution is 7.98. The van der Waals surface area contributed by atoms with Gasteiger partial charge >= 0.3 is 0 Å². The molecule has 0 aromatic heterocycles. The van der Waals surface area contributed by atoms with Gasteiger partial charge in [0.25, 0.3) is 0 Å². The summed E-state index contributed by atoms with van der Waals surface area (Å²) >= 11 is 1.61. The van der Waals surface area contributed by atoms with E-state index in [-0.39, 0.29) is 11.5 Å². The molecular formula is C13H21NO3S2. The van der Waals surface area contributed by atoms with E-state index in [9.17, 15) is 13.5 Å². The van der Waals surface area contributed by atoms with Crippen molar-refractivity contribution in [3.63, 3.8) is 0 Å². The molecule has 0 heterocycles. The van der Waals surface area contributed by atoms with Crippen molar-refractivity contribution in [3.05, 3.63) is 29.3 Å². The quantitative estimate of drug-likeness (QED) is 0.833. The van der Waals surface area contributed by atoms with Crippen LogP contribution in [-0.2, 0) is 23.1 Å². The van der Waals surface area contributed by atoms with E-state index in [1.165, 1.54) is 4.31 Å². The number of aliphatic hydroxyl groups excluding tert-OH is 1. The Hall–Kier alpha value is -0.560. The molecule has 1 rings (SSSR count). The second-order valence-corrected chi connectivity index (χ2v) is 7.29. The molecule has 0 saturated carbocycles. The van der Waals surface area contributed by atoms with Crippen LogP contribution in [-0.4, -0.2) is 43.4 Å². The summed E-state index contributed by atoms with van der Waals surface area (Å²) in [6, 6.07) is 4.97. The fourth-order valence-corrected chi connectivity index (χ4v) is 3.57. The lowest BCUT2D eigenvalue weighted by Gasteiger charge is -2.17. The first kappa shape index (κ1) is 16.5. The highest BCUT2D eigenvalue weighted by atomic mass is 32.2. The number of rotatable bonds is 7. The third-order valence-corrected chi connectivity index (χ3v) is 5.49. The number of nitrogens with zero attached hydrogens (tertiary/aromatic N) is 1. The summed E-state index contributed by atoms with van der Waals surface area (Å²) in [7, 11) is -1.88. The van der Waals surface area contributed by atoms with Crippen LogP contribution in [0.1, 0.15) is 18.1 Å². The Morgan fingerprint density at radius 3 is 2.53 bits per heavy atom. The molecule has 0 unspecified atom stereocenters. The normalized spacial score (nSPS) is 12.1. The van der Waals surface area contributed by atoms with E-state index in [1.807, 2.05) is 13.2 Å². The van der Waals surface area contributed by atoms with Crippen LogP contribution >= 0.6 is 11.8 Å². The van der Waals surface area contributed by atoms with Crippen molar-refractivity contribution in [1.29, 1.82) is 0 Å². The average Bonchev–Trinajstić information content (AvgIpc) is 2.43. The molecule has 0 aliphatic rings. The molecule has 0 atom stereocenters. The van der Waals surface area contributed by atoms with E-state index in [0.29, 0.717) is 12.1 Å². The van der Waals surface area contributed by atoms with Gasteiger partial charge in [0.05, 0.1) is 11.5 Å². The number of aliphatic hydroxyl groups is 1. The Morgan fingerprint density at radius 1 is 1.32 bits per heavy atom. The van der Waals surface area contributed by atoms with Gasteiger partial charge in [-0.25, -0.2) is 12.7 Å². The van der Waals surface area contributed by atoms with Gasteiger partial charge in [0.2, 0.25) is 10.0 Å². The van der Waals surface area contributed by atoms with E-state index in [1.54, 1.807) is 37.0 Å². The Kier molecular flexibility index (Phi) is 6.32. The second kappa shape index (κ2) is 7.28. The lowest BCUT2D eigenvalue weighted by molar-refractivity contribution is 0.280. The predicted molar refractivity (Wildman–Crippen MR) is 79.9 cm³/mol. The average molecular weight is 303 g/mol. The zero-order valence-electron chi connectivity index (χ0n) is 11.6. The molecule has 0 saturated heterocycles. The van der Waals surface area contributed by atoms with Gasteiger partial charge in [-0.15, -0.1) is 0 Å². The number of thioether (sulfide) groups is 1. The second-order valence-electron chi connectivity index (χ2n) is 4.26. The summed E-state index contributed by atoms with van der Waals surface area (Å²) in [5.41, 5.74) is 1.66. The molecule has 0 aliphatic heterocycles. The topological polar surface area (TPSA) is 57.6 Å². The highest BCUT2D eigenvalue weighted by Gasteiger charge is 2.21. The van der Waals surface area contributed by atoms with Crippen molar-refractivity contribution in [2.24, 2.45) is 0 Å². The van der Waals surface area contributed by atoms with Crippen LogP contribution < -0.4 is 0 Å². The Labute approximate surface area is 119 Å². The fraction of sp³-hybridized carbons (Fsp3) is 0.538.